The number of piperidine rings is 1. The molecule has 2 aromatic heterocycles. The average molecular weight is 347 g/mol. The smallest absolute Gasteiger partial charge is 0.323 e. The second kappa shape index (κ2) is 6.52. The van der Waals surface area contributed by atoms with Gasteiger partial charge in [-0.2, -0.15) is 5.10 Å². The van der Waals surface area contributed by atoms with Crippen LogP contribution in [0.4, 0.5) is 9.93 Å². The molecule has 0 spiro atoms. The van der Waals surface area contributed by atoms with Crippen molar-refractivity contribution in [3.05, 3.63) is 28.5 Å². The van der Waals surface area contributed by atoms with Gasteiger partial charge in [0, 0.05) is 25.7 Å². The molecule has 2 aromatic rings. The summed E-state index contributed by atoms with van der Waals surface area (Å²) in [6.07, 6.45) is 6.77. The van der Waals surface area contributed by atoms with Crippen LogP contribution < -0.4 is 5.32 Å². The number of urea groups is 1. The van der Waals surface area contributed by atoms with Crippen LogP contribution in [0.3, 0.4) is 0 Å². The van der Waals surface area contributed by atoms with Gasteiger partial charge in [0.1, 0.15) is 0 Å². The van der Waals surface area contributed by atoms with Crippen LogP contribution in [0, 0.1) is 6.92 Å². The molecular weight excluding hydrogens is 326 g/mol. The number of hydrogen-bond acceptors (Lipinski definition) is 5. The van der Waals surface area contributed by atoms with Crippen molar-refractivity contribution in [1.29, 1.82) is 0 Å². The van der Waals surface area contributed by atoms with Gasteiger partial charge in [-0.15, -0.1) is 0 Å². The number of hydrogen-bond donors (Lipinski definition) is 1. The topological polar surface area (TPSA) is 72.3 Å². The highest BCUT2D eigenvalue weighted by Gasteiger charge is 2.26. The average Bonchev–Trinajstić information content (AvgIpc) is 3.20. The van der Waals surface area contributed by atoms with Crippen LogP contribution in [0.15, 0.2) is 12.4 Å². The standard InChI is InChI=1S/C16H21N5O2S/c1-11-7-17-21(8-11)12-3-2-5-20(9-12)16(22)19-15-18-13-4-6-23-10-14(13)24-15/h7-8,12H,2-6,9-10H2,1H3,(H,18,19,22). The van der Waals surface area contributed by atoms with Crippen LogP contribution in [0.25, 0.3) is 0 Å². The first-order valence-corrected chi connectivity index (χ1v) is 9.14. The number of rotatable bonds is 2. The molecule has 1 fully saturated rings. The summed E-state index contributed by atoms with van der Waals surface area (Å²) < 4.78 is 7.41. The fraction of sp³-hybridized carbons (Fsp3) is 0.562. The maximum absolute atomic E-state index is 12.6. The minimum absolute atomic E-state index is 0.0735. The number of amides is 2. The Kier molecular flexibility index (Phi) is 4.24. The zero-order chi connectivity index (χ0) is 16.5. The minimum atomic E-state index is -0.0735. The number of carbonyl (C=O) groups is 1. The number of likely N-dealkylation sites (tertiary alicyclic amines) is 1. The van der Waals surface area contributed by atoms with Crippen LogP contribution in [-0.4, -0.2) is 45.4 Å². The highest BCUT2D eigenvalue weighted by molar-refractivity contribution is 7.15. The maximum Gasteiger partial charge on any atom is 0.323 e. The van der Waals surface area contributed by atoms with Crippen molar-refractivity contribution in [1.82, 2.24) is 19.7 Å². The molecular formula is C16H21N5O2S. The monoisotopic (exact) mass is 347 g/mol. The summed E-state index contributed by atoms with van der Waals surface area (Å²) in [6.45, 7) is 4.80. The number of thiazole rings is 1. The van der Waals surface area contributed by atoms with Crippen LogP contribution in [-0.2, 0) is 17.8 Å². The summed E-state index contributed by atoms with van der Waals surface area (Å²) >= 11 is 1.52. The zero-order valence-corrected chi connectivity index (χ0v) is 14.5. The number of aromatic nitrogens is 3. The van der Waals surface area contributed by atoms with E-state index in [1.807, 2.05) is 28.9 Å². The molecule has 2 aliphatic rings. The predicted octanol–water partition coefficient (Wildman–Crippen LogP) is 2.59. The third kappa shape index (κ3) is 3.16. The maximum atomic E-state index is 12.6. The van der Waals surface area contributed by atoms with E-state index in [2.05, 4.69) is 15.4 Å². The van der Waals surface area contributed by atoms with Crippen molar-refractivity contribution >= 4 is 22.5 Å². The Bertz CT molecular complexity index is 717. The summed E-state index contributed by atoms with van der Waals surface area (Å²) in [6, 6.07) is 0.173. The fourth-order valence-corrected chi connectivity index (χ4v) is 4.17. The molecule has 0 saturated carbocycles. The summed E-state index contributed by atoms with van der Waals surface area (Å²) in [5, 5.41) is 8.02. The van der Waals surface area contributed by atoms with Gasteiger partial charge in [-0.25, -0.2) is 9.78 Å². The molecule has 1 unspecified atom stereocenters. The lowest BCUT2D eigenvalue weighted by atomic mass is 10.1. The van der Waals surface area contributed by atoms with E-state index in [1.54, 1.807) is 0 Å². The first-order valence-electron chi connectivity index (χ1n) is 8.32. The predicted molar refractivity (Wildman–Crippen MR) is 91.3 cm³/mol. The largest absolute Gasteiger partial charge is 0.375 e. The number of fused-ring (bicyclic) bond motifs is 1. The molecule has 2 aliphatic heterocycles. The third-order valence-electron chi connectivity index (χ3n) is 4.50. The Hall–Kier alpha value is -1.93. The Labute approximate surface area is 144 Å². The van der Waals surface area contributed by atoms with E-state index in [1.165, 1.54) is 11.3 Å². The Morgan fingerprint density at radius 1 is 1.50 bits per heavy atom. The number of nitrogens with zero attached hydrogens (tertiary/aromatic N) is 4. The van der Waals surface area contributed by atoms with Crippen LogP contribution in [0.1, 0.15) is 35.0 Å². The highest BCUT2D eigenvalue weighted by atomic mass is 32.1. The minimum Gasteiger partial charge on any atom is -0.375 e. The van der Waals surface area contributed by atoms with Gasteiger partial charge in [-0.1, -0.05) is 11.3 Å². The SMILES string of the molecule is Cc1cnn(C2CCCN(C(=O)Nc3nc4c(s3)COCC4)C2)c1. The molecule has 1 N–H and O–H groups in total. The normalized spacial score (nSPS) is 20.7. The first kappa shape index (κ1) is 15.6. The Morgan fingerprint density at radius 3 is 3.21 bits per heavy atom. The first-order chi connectivity index (χ1) is 11.7. The lowest BCUT2D eigenvalue weighted by Gasteiger charge is -2.32. The number of nitrogens with one attached hydrogen (secondary N) is 1. The van der Waals surface area contributed by atoms with Gasteiger partial charge in [0.05, 0.1) is 36.0 Å². The van der Waals surface area contributed by atoms with E-state index in [4.69, 9.17) is 4.74 Å². The molecule has 2 amide bonds. The molecule has 4 heterocycles. The summed E-state index contributed by atoms with van der Waals surface area (Å²) in [5.41, 5.74) is 2.21. The van der Waals surface area contributed by atoms with Gasteiger partial charge in [0.25, 0.3) is 0 Å². The van der Waals surface area contributed by atoms with E-state index in [0.717, 1.165) is 41.9 Å². The molecule has 4 rings (SSSR count). The van der Waals surface area contributed by atoms with E-state index in [-0.39, 0.29) is 12.1 Å². The molecule has 0 aliphatic carbocycles. The Balaban J connectivity index is 1.41. The van der Waals surface area contributed by atoms with Gasteiger partial charge in [-0.05, 0) is 25.3 Å². The molecule has 8 heteroatoms. The van der Waals surface area contributed by atoms with E-state index >= 15 is 0 Å². The molecule has 24 heavy (non-hydrogen) atoms. The summed E-state index contributed by atoms with van der Waals surface area (Å²) in [4.78, 5) is 20.1. The van der Waals surface area contributed by atoms with E-state index < -0.39 is 0 Å². The Morgan fingerprint density at radius 2 is 2.42 bits per heavy atom. The second-order valence-corrected chi connectivity index (χ2v) is 7.45. The van der Waals surface area contributed by atoms with Crippen molar-refractivity contribution < 1.29 is 9.53 Å². The van der Waals surface area contributed by atoms with Gasteiger partial charge in [-0.3, -0.25) is 10.00 Å². The van der Waals surface area contributed by atoms with Crippen LogP contribution in [0.2, 0.25) is 0 Å². The summed E-state index contributed by atoms with van der Waals surface area (Å²) in [5.74, 6) is 0. The zero-order valence-electron chi connectivity index (χ0n) is 13.7. The van der Waals surface area contributed by atoms with Crippen molar-refractivity contribution in [3.8, 4) is 0 Å². The second-order valence-electron chi connectivity index (χ2n) is 6.36. The van der Waals surface area contributed by atoms with Crippen LogP contribution >= 0.6 is 11.3 Å². The van der Waals surface area contributed by atoms with Gasteiger partial charge < -0.3 is 9.64 Å². The van der Waals surface area contributed by atoms with Crippen molar-refractivity contribution in [2.75, 3.05) is 25.0 Å². The molecule has 128 valence electrons. The molecule has 0 bridgehead atoms. The molecule has 0 aromatic carbocycles. The summed E-state index contributed by atoms with van der Waals surface area (Å²) in [7, 11) is 0. The fourth-order valence-electron chi connectivity index (χ4n) is 3.24. The molecule has 1 saturated heterocycles. The van der Waals surface area contributed by atoms with Crippen LogP contribution in [0.5, 0.6) is 0 Å². The van der Waals surface area contributed by atoms with Gasteiger partial charge >= 0.3 is 6.03 Å². The van der Waals surface area contributed by atoms with Crippen molar-refractivity contribution in [2.45, 2.75) is 38.8 Å². The third-order valence-corrected chi connectivity index (χ3v) is 5.48. The molecule has 7 nitrogen and oxygen atoms in total. The van der Waals surface area contributed by atoms with Gasteiger partial charge in [0.2, 0.25) is 0 Å². The van der Waals surface area contributed by atoms with Gasteiger partial charge in [0.15, 0.2) is 5.13 Å². The lowest BCUT2D eigenvalue weighted by molar-refractivity contribution is 0.112. The molecule has 0 radical (unpaired) electrons. The quantitative estimate of drug-likeness (QED) is 0.906. The van der Waals surface area contributed by atoms with E-state index in [0.29, 0.717) is 24.9 Å². The number of anilines is 1. The van der Waals surface area contributed by atoms with Crippen molar-refractivity contribution in [3.63, 3.8) is 0 Å². The highest BCUT2D eigenvalue weighted by Crippen LogP contribution is 2.28. The van der Waals surface area contributed by atoms with E-state index in [9.17, 15) is 4.79 Å². The number of aryl methyl sites for hydroxylation is 1. The van der Waals surface area contributed by atoms with Crippen molar-refractivity contribution in [2.24, 2.45) is 0 Å². The lowest BCUT2D eigenvalue weighted by Crippen LogP contribution is -2.43. The number of carbonyl (C=O) groups excluding carboxylic acids is 1. The number of ether oxygens (including phenoxy) is 1. The molecule has 1 atom stereocenters.